The monoisotopic (exact) mass is 247 g/mol. The van der Waals surface area contributed by atoms with Crippen LogP contribution in [-0.4, -0.2) is 41.8 Å². The molecule has 96 valence electrons. The molecule has 4 bridgehead atoms. The largest absolute Gasteiger partial charge is 0.450 e. The fourth-order valence-corrected chi connectivity index (χ4v) is 5.63. The lowest BCUT2D eigenvalue weighted by Crippen LogP contribution is -2.33. The van der Waals surface area contributed by atoms with Crippen LogP contribution in [0.1, 0.15) is 19.8 Å². The first kappa shape index (κ1) is 9.75. The Morgan fingerprint density at radius 2 is 1.78 bits per heavy atom. The molecule has 2 heterocycles. The predicted molar refractivity (Wildman–Crippen MR) is 62.1 cm³/mol. The first-order valence-corrected chi connectivity index (χ1v) is 7.16. The number of likely N-dealkylation sites (tertiary alicyclic amines) is 1. The summed E-state index contributed by atoms with van der Waals surface area (Å²) in [5.41, 5.74) is 0. The molecule has 5 heteroatoms. The van der Waals surface area contributed by atoms with E-state index in [0.717, 1.165) is 11.8 Å². The van der Waals surface area contributed by atoms with Crippen molar-refractivity contribution >= 4 is 6.09 Å². The number of fused-ring (bicyclic) bond motifs is 12. The minimum absolute atomic E-state index is 0.0941. The molecule has 18 heavy (non-hydrogen) atoms. The number of rotatable bonds is 1. The number of hydrogen-bond donors (Lipinski definition) is 0. The Bertz CT molecular complexity index is 435. The topological polar surface area (TPSA) is 54.0 Å². The second-order valence-corrected chi connectivity index (χ2v) is 6.41. The molecule has 8 unspecified atom stereocenters. The molecule has 3 saturated carbocycles. The Kier molecular flexibility index (Phi) is 1.56. The van der Waals surface area contributed by atoms with E-state index in [4.69, 9.17) is 4.74 Å². The van der Waals surface area contributed by atoms with Crippen LogP contribution in [0.5, 0.6) is 0 Å². The Labute approximate surface area is 106 Å². The van der Waals surface area contributed by atoms with Crippen LogP contribution < -0.4 is 0 Å². The SMILES string of the molecule is CCOC(=O)N1C2C3CC(C4C5CC(N=N5)C34)C21. The first-order chi connectivity index (χ1) is 8.81. The fourth-order valence-electron chi connectivity index (χ4n) is 5.63. The summed E-state index contributed by atoms with van der Waals surface area (Å²) < 4.78 is 5.16. The van der Waals surface area contributed by atoms with Gasteiger partial charge in [0.25, 0.3) is 0 Å². The number of piperidine rings is 1. The molecule has 4 fully saturated rings. The molecule has 5 rings (SSSR count). The van der Waals surface area contributed by atoms with Crippen molar-refractivity contribution in [1.82, 2.24) is 4.90 Å². The second-order valence-electron chi connectivity index (χ2n) is 6.41. The van der Waals surface area contributed by atoms with Gasteiger partial charge in [-0.25, -0.2) is 4.79 Å². The lowest BCUT2D eigenvalue weighted by molar-refractivity contribution is 0.125. The minimum Gasteiger partial charge on any atom is -0.450 e. The summed E-state index contributed by atoms with van der Waals surface area (Å²) in [7, 11) is 0. The average Bonchev–Trinajstić information content (AvgIpc) is 2.83. The Morgan fingerprint density at radius 3 is 2.33 bits per heavy atom. The van der Waals surface area contributed by atoms with Crippen molar-refractivity contribution in [2.45, 2.75) is 43.9 Å². The molecular formula is C13H17N3O2. The van der Waals surface area contributed by atoms with Crippen molar-refractivity contribution in [2.75, 3.05) is 6.61 Å². The van der Waals surface area contributed by atoms with E-state index in [9.17, 15) is 4.79 Å². The number of amides is 1. The third-order valence-corrected chi connectivity index (χ3v) is 5.97. The van der Waals surface area contributed by atoms with Crippen LogP contribution in [0, 0.1) is 23.7 Å². The molecule has 0 spiro atoms. The van der Waals surface area contributed by atoms with E-state index in [1.165, 1.54) is 12.8 Å². The summed E-state index contributed by atoms with van der Waals surface area (Å²) in [6.07, 6.45) is 2.39. The number of carbonyl (C=O) groups is 1. The molecule has 1 amide bonds. The summed E-state index contributed by atoms with van der Waals surface area (Å²) in [4.78, 5) is 13.9. The van der Waals surface area contributed by atoms with Crippen LogP contribution in [-0.2, 0) is 4.74 Å². The number of ether oxygens (including phenoxy) is 1. The third kappa shape index (κ3) is 0.884. The average molecular weight is 247 g/mol. The highest BCUT2D eigenvalue weighted by atomic mass is 16.6. The van der Waals surface area contributed by atoms with Gasteiger partial charge in [-0.15, -0.1) is 0 Å². The molecule has 0 aromatic carbocycles. The highest BCUT2D eigenvalue weighted by Gasteiger charge is 2.76. The van der Waals surface area contributed by atoms with Crippen LogP contribution in [0.2, 0.25) is 0 Å². The van der Waals surface area contributed by atoms with E-state index >= 15 is 0 Å². The Hall–Kier alpha value is -1.13. The molecule has 5 nitrogen and oxygen atoms in total. The predicted octanol–water partition coefficient (Wildman–Crippen LogP) is 1.68. The van der Waals surface area contributed by atoms with E-state index in [-0.39, 0.29) is 6.09 Å². The van der Waals surface area contributed by atoms with Crippen LogP contribution in [0.3, 0.4) is 0 Å². The maximum atomic E-state index is 11.9. The quantitative estimate of drug-likeness (QED) is 0.523. The normalized spacial score (nSPS) is 56.8. The maximum Gasteiger partial charge on any atom is 0.410 e. The zero-order chi connectivity index (χ0) is 12.0. The smallest absolute Gasteiger partial charge is 0.410 e. The number of azo groups is 1. The van der Waals surface area contributed by atoms with Gasteiger partial charge in [0.05, 0.1) is 30.8 Å². The standard InChI is InChI=1S/C13H17N3O2/c1-2-18-13(17)16-11-5-3-6(12(11)16)10-8-4-7(9(5)10)14-15-8/h5-12H,2-4H2,1H3. The lowest BCUT2D eigenvalue weighted by atomic mass is 9.79. The van der Waals surface area contributed by atoms with E-state index in [0.29, 0.717) is 42.6 Å². The van der Waals surface area contributed by atoms with Gasteiger partial charge in [-0.05, 0) is 43.4 Å². The van der Waals surface area contributed by atoms with Gasteiger partial charge in [-0.2, -0.15) is 10.2 Å². The number of nitrogens with zero attached hydrogens (tertiary/aromatic N) is 3. The van der Waals surface area contributed by atoms with E-state index < -0.39 is 0 Å². The van der Waals surface area contributed by atoms with Crippen molar-refractivity contribution in [3.8, 4) is 0 Å². The summed E-state index contributed by atoms with van der Waals surface area (Å²) in [6, 6.07) is 1.90. The Balaban J connectivity index is 1.44. The molecule has 1 saturated heterocycles. The minimum atomic E-state index is -0.0941. The second kappa shape index (κ2) is 2.89. The maximum absolute atomic E-state index is 11.9. The van der Waals surface area contributed by atoms with Gasteiger partial charge >= 0.3 is 6.09 Å². The molecule has 0 aromatic rings. The van der Waals surface area contributed by atoms with Crippen LogP contribution in [0.4, 0.5) is 4.79 Å². The zero-order valence-corrected chi connectivity index (χ0v) is 10.4. The Morgan fingerprint density at radius 1 is 1.17 bits per heavy atom. The molecule has 5 aliphatic rings. The summed E-state index contributed by atoms with van der Waals surface area (Å²) >= 11 is 0. The van der Waals surface area contributed by atoms with Crippen molar-refractivity contribution in [1.29, 1.82) is 0 Å². The van der Waals surface area contributed by atoms with Crippen molar-refractivity contribution in [2.24, 2.45) is 33.9 Å². The van der Waals surface area contributed by atoms with E-state index in [2.05, 4.69) is 10.2 Å². The summed E-state index contributed by atoms with van der Waals surface area (Å²) in [6.45, 7) is 2.35. The van der Waals surface area contributed by atoms with Crippen molar-refractivity contribution in [3.05, 3.63) is 0 Å². The zero-order valence-electron chi connectivity index (χ0n) is 10.4. The van der Waals surface area contributed by atoms with Gasteiger partial charge in [0.2, 0.25) is 0 Å². The van der Waals surface area contributed by atoms with Crippen LogP contribution in [0.15, 0.2) is 10.2 Å². The molecule has 8 atom stereocenters. The van der Waals surface area contributed by atoms with Gasteiger partial charge in [-0.3, -0.25) is 4.90 Å². The molecule has 2 aliphatic heterocycles. The highest BCUT2D eigenvalue weighted by Crippen LogP contribution is 2.69. The van der Waals surface area contributed by atoms with Crippen molar-refractivity contribution in [3.63, 3.8) is 0 Å². The van der Waals surface area contributed by atoms with Gasteiger partial charge in [0.15, 0.2) is 0 Å². The lowest BCUT2D eigenvalue weighted by Gasteiger charge is -2.28. The van der Waals surface area contributed by atoms with E-state index in [1.54, 1.807) is 0 Å². The number of carbonyl (C=O) groups excluding carboxylic acids is 1. The van der Waals surface area contributed by atoms with Gasteiger partial charge < -0.3 is 4.74 Å². The fraction of sp³-hybridized carbons (Fsp3) is 0.923. The van der Waals surface area contributed by atoms with Crippen molar-refractivity contribution < 1.29 is 9.53 Å². The number of hydrogen-bond acceptors (Lipinski definition) is 4. The molecule has 0 aromatic heterocycles. The molecule has 0 N–H and O–H groups in total. The van der Waals surface area contributed by atoms with Gasteiger partial charge in [0, 0.05) is 0 Å². The third-order valence-electron chi connectivity index (χ3n) is 5.97. The molecular weight excluding hydrogens is 230 g/mol. The summed E-state index contributed by atoms with van der Waals surface area (Å²) in [5.74, 6) is 2.81. The van der Waals surface area contributed by atoms with Crippen LogP contribution >= 0.6 is 0 Å². The van der Waals surface area contributed by atoms with E-state index in [1.807, 2.05) is 11.8 Å². The summed E-state index contributed by atoms with van der Waals surface area (Å²) in [5, 5.41) is 8.83. The molecule has 3 aliphatic carbocycles. The highest BCUT2D eigenvalue weighted by molar-refractivity contribution is 5.73. The van der Waals surface area contributed by atoms with Gasteiger partial charge in [-0.1, -0.05) is 0 Å². The van der Waals surface area contributed by atoms with Crippen LogP contribution in [0.25, 0.3) is 0 Å². The first-order valence-electron chi connectivity index (χ1n) is 7.16. The van der Waals surface area contributed by atoms with Gasteiger partial charge in [0.1, 0.15) is 0 Å². The molecule has 0 radical (unpaired) electrons.